The number of nitrogens with one attached hydrogen (secondary N) is 1. The average molecular weight is 300 g/mol. The van der Waals surface area contributed by atoms with Crippen molar-refractivity contribution in [2.24, 2.45) is 11.3 Å². The third kappa shape index (κ3) is 4.66. The first-order valence-corrected chi connectivity index (χ1v) is 7.79. The van der Waals surface area contributed by atoms with Crippen LogP contribution in [0.2, 0.25) is 10.0 Å². The molecule has 1 saturated carbocycles. The van der Waals surface area contributed by atoms with Gasteiger partial charge >= 0.3 is 0 Å². The van der Waals surface area contributed by atoms with Gasteiger partial charge < -0.3 is 5.32 Å². The summed E-state index contributed by atoms with van der Waals surface area (Å²) in [7, 11) is 0. The van der Waals surface area contributed by atoms with Gasteiger partial charge in [0, 0.05) is 6.04 Å². The first kappa shape index (κ1) is 15.2. The summed E-state index contributed by atoms with van der Waals surface area (Å²) in [5, 5.41) is 4.94. The van der Waals surface area contributed by atoms with Crippen molar-refractivity contribution < 1.29 is 0 Å². The summed E-state index contributed by atoms with van der Waals surface area (Å²) in [6.07, 6.45) is 3.72. The average Bonchev–Trinajstić information content (AvgIpc) is 3.11. The van der Waals surface area contributed by atoms with Crippen LogP contribution in [0.4, 0.5) is 0 Å². The lowest BCUT2D eigenvalue weighted by Gasteiger charge is -2.31. The fraction of sp³-hybridized carbons (Fsp3) is 0.625. The SMILES string of the molecule is CC(C)(C)C(CNC1CC1)Cc1ccc(Cl)c(Cl)c1. The smallest absolute Gasteiger partial charge is 0.0595 e. The molecule has 1 fully saturated rings. The van der Waals surface area contributed by atoms with Gasteiger partial charge in [-0.3, -0.25) is 0 Å². The maximum atomic E-state index is 6.10. The molecule has 1 aliphatic carbocycles. The molecule has 0 aromatic heterocycles. The highest BCUT2D eigenvalue weighted by molar-refractivity contribution is 6.42. The Morgan fingerprint density at radius 3 is 2.42 bits per heavy atom. The number of rotatable bonds is 5. The topological polar surface area (TPSA) is 12.0 Å². The van der Waals surface area contributed by atoms with Gasteiger partial charge in [0.15, 0.2) is 0 Å². The first-order chi connectivity index (χ1) is 8.86. The van der Waals surface area contributed by atoms with Crippen LogP contribution in [0, 0.1) is 11.3 Å². The third-order valence-corrected chi connectivity index (χ3v) is 4.66. The molecule has 0 aliphatic heterocycles. The zero-order chi connectivity index (χ0) is 14.0. The predicted molar refractivity (Wildman–Crippen MR) is 84.1 cm³/mol. The molecular formula is C16H23Cl2N. The van der Waals surface area contributed by atoms with Crippen LogP contribution in [-0.2, 0) is 6.42 Å². The molecule has 0 heterocycles. The van der Waals surface area contributed by atoms with Crippen LogP contribution >= 0.6 is 23.2 Å². The Hall–Kier alpha value is -0.240. The quantitative estimate of drug-likeness (QED) is 0.811. The molecule has 2 rings (SSSR count). The fourth-order valence-corrected chi connectivity index (χ4v) is 2.55. The van der Waals surface area contributed by atoms with E-state index in [2.05, 4.69) is 32.2 Å². The zero-order valence-corrected chi connectivity index (χ0v) is 13.5. The van der Waals surface area contributed by atoms with Gasteiger partial charge in [-0.05, 0) is 54.8 Å². The Morgan fingerprint density at radius 2 is 1.89 bits per heavy atom. The van der Waals surface area contributed by atoms with Crippen molar-refractivity contribution in [3.05, 3.63) is 33.8 Å². The van der Waals surface area contributed by atoms with Crippen molar-refractivity contribution in [1.82, 2.24) is 5.32 Å². The van der Waals surface area contributed by atoms with E-state index < -0.39 is 0 Å². The molecule has 0 bridgehead atoms. The van der Waals surface area contributed by atoms with E-state index in [0.717, 1.165) is 19.0 Å². The number of hydrogen-bond acceptors (Lipinski definition) is 1. The fourth-order valence-electron chi connectivity index (χ4n) is 2.23. The number of benzene rings is 1. The minimum Gasteiger partial charge on any atom is -0.314 e. The van der Waals surface area contributed by atoms with Crippen molar-refractivity contribution in [3.63, 3.8) is 0 Å². The summed E-state index contributed by atoms with van der Waals surface area (Å²) in [5.41, 5.74) is 1.56. The van der Waals surface area contributed by atoms with Gasteiger partial charge in [0.2, 0.25) is 0 Å². The van der Waals surface area contributed by atoms with Gasteiger partial charge in [0.25, 0.3) is 0 Å². The van der Waals surface area contributed by atoms with Gasteiger partial charge in [0.05, 0.1) is 10.0 Å². The standard InChI is InChI=1S/C16H23Cl2N/c1-16(2,3)12(10-19-13-5-6-13)8-11-4-7-14(17)15(18)9-11/h4,7,9,12-13,19H,5-6,8,10H2,1-3H3. The second kappa shape index (κ2) is 6.03. The van der Waals surface area contributed by atoms with E-state index in [0.29, 0.717) is 16.0 Å². The van der Waals surface area contributed by atoms with Crippen molar-refractivity contribution in [2.75, 3.05) is 6.54 Å². The Morgan fingerprint density at radius 1 is 1.21 bits per heavy atom. The van der Waals surface area contributed by atoms with Crippen LogP contribution in [0.3, 0.4) is 0 Å². The van der Waals surface area contributed by atoms with Crippen LogP contribution < -0.4 is 5.32 Å². The molecule has 0 amide bonds. The Balaban J connectivity index is 2.02. The van der Waals surface area contributed by atoms with Crippen molar-refractivity contribution in [2.45, 2.75) is 46.1 Å². The number of halogens is 2. The van der Waals surface area contributed by atoms with E-state index in [1.807, 2.05) is 12.1 Å². The Kier molecular flexibility index (Phi) is 4.81. The van der Waals surface area contributed by atoms with Gasteiger partial charge in [-0.1, -0.05) is 50.0 Å². The van der Waals surface area contributed by atoms with Gasteiger partial charge in [-0.15, -0.1) is 0 Å². The monoisotopic (exact) mass is 299 g/mol. The van der Waals surface area contributed by atoms with Gasteiger partial charge in [0.1, 0.15) is 0 Å². The lowest BCUT2D eigenvalue weighted by molar-refractivity contribution is 0.230. The van der Waals surface area contributed by atoms with E-state index in [4.69, 9.17) is 23.2 Å². The summed E-state index contributed by atoms with van der Waals surface area (Å²) in [6.45, 7) is 8.01. The van der Waals surface area contributed by atoms with Crippen LogP contribution in [0.1, 0.15) is 39.2 Å². The highest BCUT2D eigenvalue weighted by atomic mass is 35.5. The summed E-state index contributed by atoms with van der Waals surface area (Å²) < 4.78 is 0. The molecular weight excluding hydrogens is 277 g/mol. The minimum atomic E-state index is 0.286. The van der Waals surface area contributed by atoms with E-state index in [1.165, 1.54) is 18.4 Å². The largest absolute Gasteiger partial charge is 0.314 e. The molecule has 0 spiro atoms. The highest BCUT2D eigenvalue weighted by Crippen LogP contribution is 2.31. The molecule has 1 aromatic carbocycles. The molecule has 0 radical (unpaired) electrons. The summed E-state index contributed by atoms with van der Waals surface area (Å²) in [5.74, 6) is 0.602. The molecule has 19 heavy (non-hydrogen) atoms. The van der Waals surface area contributed by atoms with E-state index in [-0.39, 0.29) is 5.41 Å². The van der Waals surface area contributed by atoms with Crippen LogP contribution in [0.15, 0.2) is 18.2 Å². The molecule has 106 valence electrons. The summed E-state index contributed by atoms with van der Waals surface area (Å²) >= 11 is 12.1. The van der Waals surface area contributed by atoms with E-state index in [9.17, 15) is 0 Å². The van der Waals surface area contributed by atoms with Crippen molar-refractivity contribution in [3.8, 4) is 0 Å². The molecule has 1 atom stereocenters. The van der Waals surface area contributed by atoms with Gasteiger partial charge in [-0.25, -0.2) is 0 Å². The molecule has 0 saturated heterocycles. The first-order valence-electron chi connectivity index (χ1n) is 7.03. The molecule has 1 aromatic rings. The molecule has 1 aliphatic rings. The highest BCUT2D eigenvalue weighted by Gasteiger charge is 2.28. The maximum absolute atomic E-state index is 6.10. The van der Waals surface area contributed by atoms with Crippen molar-refractivity contribution in [1.29, 1.82) is 0 Å². The zero-order valence-electron chi connectivity index (χ0n) is 12.0. The number of hydrogen-bond donors (Lipinski definition) is 1. The van der Waals surface area contributed by atoms with Crippen molar-refractivity contribution >= 4 is 23.2 Å². The molecule has 1 nitrogen and oxygen atoms in total. The second-order valence-corrected chi connectivity index (χ2v) is 7.51. The van der Waals surface area contributed by atoms with E-state index >= 15 is 0 Å². The molecule has 1 N–H and O–H groups in total. The van der Waals surface area contributed by atoms with Crippen LogP contribution in [-0.4, -0.2) is 12.6 Å². The normalized spacial score (nSPS) is 17.5. The summed E-state index contributed by atoms with van der Waals surface area (Å²) in [6, 6.07) is 6.75. The molecule has 3 heteroatoms. The summed E-state index contributed by atoms with van der Waals surface area (Å²) in [4.78, 5) is 0. The third-order valence-electron chi connectivity index (χ3n) is 3.92. The minimum absolute atomic E-state index is 0.286. The maximum Gasteiger partial charge on any atom is 0.0595 e. The lowest BCUT2D eigenvalue weighted by Crippen LogP contribution is -2.34. The Labute approximate surface area is 126 Å². The second-order valence-electron chi connectivity index (χ2n) is 6.70. The van der Waals surface area contributed by atoms with Crippen LogP contribution in [0.25, 0.3) is 0 Å². The predicted octanol–water partition coefficient (Wildman–Crippen LogP) is 4.95. The van der Waals surface area contributed by atoms with E-state index in [1.54, 1.807) is 0 Å². The van der Waals surface area contributed by atoms with Crippen LogP contribution in [0.5, 0.6) is 0 Å². The van der Waals surface area contributed by atoms with Gasteiger partial charge in [-0.2, -0.15) is 0 Å². The Bertz CT molecular complexity index is 433. The molecule has 1 unspecified atom stereocenters. The lowest BCUT2D eigenvalue weighted by atomic mass is 9.77.